The molecule has 1 aromatic heterocycles. The van der Waals surface area contributed by atoms with Crippen LogP contribution < -0.4 is 0 Å². The van der Waals surface area contributed by atoms with E-state index < -0.39 is 5.82 Å². The Bertz CT molecular complexity index is 620. The Morgan fingerprint density at radius 1 is 1.26 bits per heavy atom. The number of ketones is 1. The van der Waals surface area contributed by atoms with E-state index in [1.54, 1.807) is 18.3 Å². The number of halogens is 1. The zero-order chi connectivity index (χ0) is 14.0. The summed E-state index contributed by atoms with van der Waals surface area (Å²) >= 11 is 0. The molecule has 0 spiro atoms. The van der Waals surface area contributed by atoms with Crippen LogP contribution in [0.1, 0.15) is 42.7 Å². The molecule has 3 heteroatoms. The molecule has 0 aliphatic heterocycles. The number of hydrogen-bond donors (Lipinski definition) is 0. The van der Waals surface area contributed by atoms with Gasteiger partial charge in [0.2, 0.25) is 0 Å². The number of aromatic nitrogens is 1. The Hall–Kier alpha value is -2.03. The van der Waals surface area contributed by atoms with Gasteiger partial charge in [-0.2, -0.15) is 0 Å². The first-order chi connectivity index (χ1) is 9.00. The summed E-state index contributed by atoms with van der Waals surface area (Å²) in [5, 5.41) is 0. The molecule has 2 nitrogen and oxygen atoms in total. The average molecular weight is 257 g/mol. The highest BCUT2D eigenvalue weighted by atomic mass is 19.1. The highest BCUT2D eigenvalue weighted by Gasteiger charge is 2.13. The van der Waals surface area contributed by atoms with Crippen molar-refractivity contribution < 1.29 is 9.18 Å². The molecule has 0 atom stereocenters. The standard InChI is InChI=1S/C16H16FNO/c1-10(2)16-13(5-4-8-18-16)12-6-7-15(17)14(9-12)11(3)19/h4-10H,1-3H3. The molecule has 0 fully saturated rings. The monoisotopic (exact) mass is 257 g/mol. The molecule has 19 heavy (non-hydrogen) atoms. The maximum absolute atomic E-state index is 13.6. The van der Waals surface area contributed by atoms with E-state index in [1.807, 2.05) is 12.1 Å². The number of rotatable bonds is 3. The quantitative estimate of drug-likeness (QED) is 0.771. The van der Waals surface area contributed by atoms with Crippen molar-refractivity contribution in [1.82, 2.24) is 4.98 Å². The third kappa shape index (κ3) is 2.70. The Morgan fingerprint density at radius 3 is 2.63 bits per heavy atom. The summed E-state index contributed by atoms with van der Waals surface area (Å²) in [7, 11) is 0. The molecule has 0 aliphatic carbocycles. The predicted octanol–water partition coefficient (Wildman–Crippen LogP) is 4.21. The van der Waals surface area contributed by atoms with E-state index in [-0.39, 0.29) is 17.3 Å². The van der Waals surface area contributed by atoms with Crippen LogP contribution in [0.5, 0.6) is 0 Å². The first-order valence-electron chi connectivity index (χ1n) is 6.26. The van der Waals surface area contributed by atoms with E-state index in [1.165, 1.54) is 13.0 Å². The first-order valence-corrected chi connectivity index (χ1v) is 6.26. The molecule has 0 unspecified atom stereocenters. The second-order valence-corrected chi connectivity index (χ2v) is 4.84. The Labute approximate surface area is 112 Å². The highest BCUT2D eigenvalue weighted by Crippen LogP contribution is 2.28. The molecule has 2 aromatic rings. The maximum Gasteiger partial charge on any atom is 0.162 e. The van der Waals surface area contributed by atoms with Crippen molar-refractivity contribution in [2.24, 2.45) is 0 Å². The van der Waals surface area contributed by atoms with E-state index in [4.69, 9.17) is 0 Å². The van der Waals surface area contributed by atoms with Gasteiger partial charge in [-0.3, -0.25) is 9.78 Å². The normalized spacial score (nSPS) is 10.8. The summed E-state index contributed by atoms with van der Waals surface area (Å²) in [6.07, 6.45) is 1.74. The number of pyridine rings is 1. The molecule has 98 valence electrons. The number of carbonyl (C=O) groups is 1. The lowest BCUT2D eigenvalue weighted by Gasteiger charge is -2.12. The van der Waals surface area contributed by atoms with E-state index >= 15 is 0 Å². The van der Waals surface area contributed by atoms with Gasteiger partial charge in [-0.05, 0) is 36.6 Å². The van der Waals surface area contributed by atoms with E-state index in [0.29, 0.717) is 0 Å². The summed E-state index contributed by atoms with van der Waals surface area (Å²) in [4.78, 5) is 15.8. The SMILES string of the molecule is CC(=O)c1cc(-c2cccnc2C(C)C)ccc1F. The van der Waals surface area contributed by atoms with Crippen LogP contribution in [0.25, 0.3) is 11.1 Å². The van der Waals surface area contributed by atoms with Crippen LogP contribution in [-0.4, -0.2) is 10.8 Å². The van der Waals surface area contributed by atoms with E-state index in [9.17, 15) is 9.18 Å². The summed E-state index contributed by atoms with van der Waals surface area (Å²) in [6, 6.07) is 8.41. The number of hydrogen-bond acceptors (Lipinski definition) is 2. The summed E-state index contributed by atoms with van der Waals surface area (Å²) in [5.74, 6) is -0.484. The minimum Gasteiger partial charge on any atom is -0.294 e. The number of nitrogens with zero attached hydrogens (tertiary/aromatic N) is 1. The smallest absolute Gasteiger partial charge is 0.162 e. The van der Waals surface area contributed by atoms with Gasteiger partial charge in [-0.15, -0.1) is 0 Å². The van der Waals surface area contributed by atoms with Gasteiger partial charge in [-0.1, -0.05) is 26.0 Å². The second kappa shape index (κ2) is 5.31. The largest absolute Gasteiger partial charge is 0.294 e. The minimum absolute atomic E-state index is 0.121. The highest BCUT2D eigenvalue weighted by molar-refractivity contribution is 5.95. The number of benzene rings is 1. The lowest BCUT2D eigenvalue weighted by Crippen LogP contribution is -2.00. The van der Waals surface area contributed by atoms with Gasteiger partial charge in [0.1, 0.15) is 5.82 Å². The summed E-state index contributed by atoms with van der Waals surface area (Å²) < 4.78 is 13.6. The van der Waals surface area contributed by atoms with E-state index in [2.05, 4.69) is 18.8 Å². The van der Waals surface area contributed by atoms with Crippen LogP contribution >= 0.6 is 0 Å². The third-order valence-electron chi connectivity index (χ3n) is 3.04. The summed E-state index contributed by atoms with van der Waals surface area (Å²) in [5.41, 5.74) is 2.84. The molecule has 0 aliphatic rings. The Balaban J connectivity index is 2.60. The van der Waals surface area contributed by atoms with E-state index in [0.717, 1.165) is 16.8 Å². The van der Waals surface area contributed by atoms with Gasteiger partial charge in [0.05, 0.1) is 11.3 Å². The Morgan fingerprint density at radius 2 is 2.00 bits per heavy atom. The van der Waals surface area contributed by atoms with Gasteiger partial charge >= 0.3 is 0 Å². The van der Waals surface area contributed by atoms with Crippen LogP contribution in [0.15, 0.2) is 36.5 Å². The molecule has 0 N–H and O–H groups in total. The van der Waals surface area contributed by atoms with Crippen molar-refractivity contribution in [3.8, 4) is 11.1 Å². The molecular weight excluding hydrogens is 241 g/mol. The van der Waals surface area contributed by atoms with Crippen molar-refractivity contribution in [1.29, 1.82) is 0 Å². The fourth-order valence-electron chi connectivity index (χ4n) is 2.08. The summed E-state index contributed by atoms with van der Waals surface area (Å²) in [6.45, 7) is 5.48. The average Bonchev–Trinajstić information content (AvgIpc) is 2.39. The number of carbonyl (C=O) groups excluding carboxylic acids is 1. The molecule has 0 radical (unpaired) electrons. The molecule has 0 saturated heterocycles. The minimum atomic E-state index is -0.480. The van der Waals surface area contributed by atoms with Gasteiger partial charge in [0, 0.05) is 11.8 Å². The van der Waals surface area contributed by atoms with Crippen LogP contribution in [-0.2, 0) is 0 Å². The van der Waals surface area contributed by atoms with Crippen molar-refractivity contribution in [3.63, 3.8) is 0 Å². The van der Waals surface area contributed by atoms with Crippen molar-refractivity contribution in [2.75, 3.05) is 0 Å². The second-order valence-electron chi connectivity index (χ2n) is 4.84. The van der Waals surface area contributed by atoms with Gasteiger partial charge in [-0.25, -0.2) is 4.39 Å². The predicted molar refractivity (Wildman–Crippen MR) is 73.7 cm³/mol. The molecular formula is C16H16FNO. The zero-order valence-electron chi connectivity index (χ0n) is 11.3. The van der Waals surface area contributed by atoms with Crippen LogP contribution in [0.2, 0.25) is 0 Å². The fourth-order valence-corrected chi connectivity index (χ4v) is 2.08. The molecule has 0 amide bonds. The lowest BCUT2D eigenvalue weighted by atomic mass is 9.96. The molecule has 1 heterocycles. The maximum atomic E-state index is 13.6. The fraction of sp³-hybridized carbons (Fsp3) is 0.250. The first kappa shape index (κ1) is 13.4. The van der Waals surface area contributed by atoms with Crippen LogP contribution in [0.4, 0.5) is 4.39 Å². The van der Waals surface area contributed by atoms with Crippen molar-refractivity contribution in [3.05, 3.63) is 53.6 Å². The van der Waals surface area contributed by atoms with Crippen LogP contribution in [0, 0.1) is 5.82 Å². The molecule has 0 saturated carbocycles. The molecule has 0 bridgehead atoms. The topological polar surface area (TPSA) is 30.0 Å². The van der Waals surface area contributed by atoms with Gasteiger partial charge in [0.25, 0.3) is 0 Å². The molecule has 1 aromatic carbocycles. The van der Waals surface area contributed by atoms with Crippen LogP contribution in [0.3, 0.4) is 0 Å². The third-order valence-corrected chi connectivity index (χ3v) is 3.04. The number of Topliss-reactive ketones (excluding diaryl/α,β-unsaturated/α-hetero) is 1. The van der Waals surface area contributed by atoms with Crippen molar-refractivity contribution in [2.45, 2.75) is 26.7 Å². The lowest BCUT2D eigenvalue weighted by molar-refractivity contribution is 0.101. The molecule has 2 rings (SSSR count). The Kier molecular flexibility index (Phi) is 3.74. The van der Waals surface area contributed by atoms with Gasteiger partial charge < -0.3 is 0 Å². The van der Waals surface area contributed by atoms with Crippen molar-refractivity contribution >= 4 is 5.78 Å². The van der Waals surface area contributed by atoms with Gasteiger partial charge in [0.15, 0.2) is 5.78 Å². The zero-order valence-corrected chi connectivity index (χ0v) is 11.3.